The van der Waals surface area contributed by atoms with Crippen LogP contribution in [0.1, 0.15) is 21.6 Å². The molecule has 1 aromatic heterocycles. The van der Waals surface area contributed by atoms with Crippen LogP contribution in [0, 0.1) is 6.92 Å². The monoisotopic (exact) mass is 195 g/mol. The molecule has 0 fully saturated rings. The van der Waals surface area contributed by atoms with Gasteiger partial charge in [-0.15, -0.1) is 0 Å². The van der Waals surface area contributed by atoms with Crippen LogP contribution in [0.4, 0.5) is 0 Å². The number of fused-ring (bicyclic) bond motifs is 3. The molecule has 1 aliphatic carbocycles. The van der Waals surface area contributed by atoms with Crippen molar-refractivity contribution in [1.29, 1.82) is 0 Å². The van der Waals surface area contributed by atoms with E-state index in [1.54, 1.807) is 6.20 Å². The molecule has 0 N–H and O–H groups in total. The van der Waals surface area contributed by atoms with Crippen LogP contribution >= 0.6 is 0 Å². The Bertz CT molecular complexity index is 572. The van der Waals surface area contributed by atoms with Crippen LogP contribution in [0.2, 0.25) is 0 Å². The van der Waals surface area contributed by atoms with E-state index in [0.29, 0.717) is 5.69 Å². The van der Waals surface area contributed by atoms with Gasteiger partial charge in [-0.25, -0.2) is 0 Å². The molecule has 0 spiro atoms. The van der Waals surface area contributed by atoms with Gasteiger partial charge in [-0.05, 0) is 18.6 Å². The number of ketones is 1. The molecule has 0 radical (unpaired) electrons. The van der Waals surface area contributed by atoms with Gasteiger partial charge >= 0.3 is 0 Å². The molecule has 15 heavy (non-hydrogen) atoms. The third kappa shape index (κ3) is 1.05. The van der Waals surface area contributed by atoms with E-state index in [0.717, 1.165) is 16.7 Å². The Hall–Kier alpha value is -1.96. The molecular weight excluding hydrogens is 186 g/mol. The van der Waals surface area contributed by atoms with Crippen molar-refractivity contribution < 1.29 is 4.79 Å². The zero-order valence-electron chi connectivity index (χ0n) is 8.32. The summed E-state index contributed by atoms with van der Waals surface area (Å²) in [6.45, 7) is 2.03. The average Bonchev–Trinajstić information content (AvgIpc) is 2.54. The standard InChI is InChI=1S/C13H9NO/c1-8-4-5-10-11(7-8)9-3-2-6-14-12(9)13(10)15/h2-7H,1H3. The first-order valence-electron chi connectivity index (χ1n) is 4.88. The summed E-state index contributed by atoms with van der Waals surface area (Å²) < 4.78 is 0. The van der Waals surface area contributed by atoms with Crippen LogP contribution in [0.3, 0.4) is 0 Å². The minimum absolute atomic E-state index is 0.0422. The first kappa shape index (κ1) is 8.36. The number of nitrogens with zero attached hydrogens (tertiary/aromatic N) is 1. The fraction of sp³-hybridized carbons (Fsp3) is 0.0769. The maximum Gasteiger partial charge on any atom is 0.212 e. The fourth-order valence-corrected chi connectivity index (χ4v) is 2.01. The molecule has 0 saturated heterocycles. The topological polar surface area (TPSA) is 30.0 Å². The van der Waals surface area contributed by atoms with E-state index in [1.807, 2.05) is 37.3 Å². The van der Waals surface area contributed by atoms with Crippen molar-refractivity contribution in [2.24, 2.45) is 0 Å². The van der Waals surface area contributed by atoms with Crippen molar-refractivity contribution in [3.63, 3.8) is 0 Å². The van der Waals surface area contributed by atoms with Crippen molar-refractivity contribution in [3.8, 4) is 11.1 Å². The zero-order valence-corrected chi connectivity index (χ0v) is 8.32. The molecule has 0 bridgehead atoms. The highest BCUT2D eigenvalue weighted by Crippen LogP contribution is 2.35. The molecule has 1 heterocycles. The summed E-state index contributed by atoms with van der Waals surface area (Å²) in [5.41, 5.74) is 4.50. The third-order valence-corrected chi connectivity index (χ3v) is 2.73. The number of carbonyl (C=O) groups excluding carboxylic acids is 1. The summed E-state index contributed by atoms with van der Waals surface area (Å²) in [5.74, 6) is 0.0422. The first-order valence-corrected chi connectivity index (χ1v) is 4.88. The van der Waals surface area contributed by atoms with Gasteiger partial charge in [0.1, 0.15) is 5.69 Å². The number of pyridine rings is 1. The number of hydrogen-bond donors (Lipinski definition) is 0. The van der Waals surface area contributed by atoms with Crippen LogP contribution in [-0.4, -0.2) is 10.8 Å². The summed E-state index contributed by atoms with van der Waals surface area (Å²) in [4.78, 5) is 16.1. The van der Waals surface area contributed by atoms with E-state index < -0.39 is 0 Å². The predicted molar refractivity (Wildman–Crippen MR) is 57.8 cm³/mol. The summed E-state index contributed by atoms with van der Waals surface area (Å²) in [5, 5.41) is 0. The smallest absolute Gasteiger partial charge is 0.212 e. The number of aromatic nitrogens is 1. The van der Waals surface area contributed by atoms with Crippen molar-refractivity contribution >= 4 is 5.78 Å². The number of carbonyl (C=O) groups is 1. The Morgan fingerprint density at radius 2 is 1.93 bits per heavy atom. The zero-order chi connectivity index (χ0) is 10.4. The first-order chi connectivity index (χ1) is 7.27. The van der Waals surface area contributed by atoms with E-state index in [4.69, 9.17) is 0 Å². The van der Waals surface area contributed by atoms with E-state index >= 15 is 0 Å². The molecule has 3 rings (SSSR count). The summed E-state index contributed by atoms with van der Waals surface area (Å²) in [7, 11) is 0. The highest BCUT2D eigenvalue weighted by Gasteiger charge is 2.27. The van der Waals surface area contributed by atoms with Gasteiger partial charge < -0.3 is 0 Å². The van der Waals surface area contributed by atoms with Gasteiger partial charge in [0.25, 0.3) is 0 Å². The van der Waals surface area contributed by atoms with Crippen molar-refractivity contribution in [3.05, 3.63) is 53.3 Å². The summed E-state index contributed by atoms with van der Waals surface area (Å²) in [6, 6.07) is 9.70. The lowest BCUT2D eigenvalue weighted by Gasteiger charge is -1.99. The van der Waals surface area contributed by atoms with E-state index in [-0.39, 0.29) is 5.78 Å². The number of aryl methyl sites for hydroxylation is 1. The fourth-order valence-electron chi connectivity index (χ4n) is 2.01. The Balaban J connectivity index is 2.39. The molecule has 2 aromatic rings. The average molecular weight is 195 g/mol. The van der Waals surface area contributed by atoms with Crippen LogP contribution in [0.5, 0.6) is 0 Å². The second-order valence-corrected chi connectivity index (χ2v) is 3.78. The van der Waals surface area contributed by atoms with Crippen LogP contribution in [0.15, 0.2) is 36.5 Å². The van der Waals surface area contributed by atoms with Crippen molar-refractivity contribution in [1.82, 2.24) is 4.98 Å². The molecule has 2 nitrogen and oxygen atoms in total. The Morgan fingerprint density at radius 3 is 2.80 bits per heavy atom. The highest BCUT2D eigenvalue weighted by atomic mass is 16.1. The van der Waals surface area contributed by atoms with Crippen molar-refractivity contribution in [2.45, 2.75) is 6.92 Å². The molecule has 0 saturated carbocycles. The second-order valence-electron chi connectivity index (χ2n) is 3.78. The lowest BCUT2D eigenvalue weighted by molar-refractivity contribution is 0.103. The third-order valence-electron chi connectivity index (χ3n) is 2.73. The number of hydrogen-bond acceptors (Lipinski definition) is 2. The second kappa shape index (κ2) is 2.76. The summed E-state index contributed by atoms with van der Waals surface area (Å²) in [6.07, 6.45) is 1.66. The van der Waals surface area contributed by atoms with Crippen LogP contribution < -0.4 is 0 Å². The minimum atomic E-state index is 0.0422. The Kier molecular flexibility index (Phi) is 1.54. The van der Waals surface area contributed by atoms with E-state index in [2.05, 4.69) is 4.98 Å². The van der Waals surface area contributed by atoms with Gasteiger partial charge in [-0.2, -0.15) is 0 Å². The Morgan fingerprint density at radius 1 is 1.07 bits per heavy atom. The molecular formula is C13H9NO. The molecule has 1 aromatic carbocycles. The predicted octanol–water partition coefficient (Wildman–Crippen LogP) is 2.60. The van der Waals surface area contributed by atoms with Gasteiger partial charge in [-0.3, -0.25) is 9.78 Å². The quantitative estimate of drug-likeness (QED) is 0.552. The largest absolute Gasteiger partial charge is 0.287 e. The Labute approximate surface area is 87.6 Å². The van der Waals surface area contributed by atoms with Gasteiger partial charge in [0, 0.05) is 17.3 Å². The van der Waals surface area contributed by atoms with Gasteiger partial charge in [0.2, 0.25) is 5.78 Å². The van der Waals surface area contributed by atoms with Gasteiger partial charge in [0.05, 0.1) is 0 Å². The lowest BCUT2D eigenvalue weighted by Crippen LogP contribution is -1.97. The van der Waals surface area contributed by atoms with Crippen LogP contribution in [-0.2, 0) is 0 Å². The molecule has 1 aliphatic rings. The molecule has 0 amide bonds. The number of rotatable bonds is 0. The molecule has 0 unspecified atom stereocenters. The number of benzene rings is 1. The van der Waals surface area contributed by atoms with E-state index in [1.165, 1.54) is 5.56 Å². The highest BCUT2D eigenvalue weighted by molar-refractivity contribution is 6.20. The van der Waals surface area contributed by atoms with Crippen molar-refractivity contribution in [2.75, 3.05) is 0 Å². The maximum absolute atomic E-state index is 11.9. The summed E-state index contributed by atoms with van der Waals surface area (Å²) >= 11 is 0. The van der Waals surface area contributed by atoms with Gasteiger partial charge in [0.15, 0.2) is 0 Å². The minimum Gasteiger partial charge on any atom is -0.287 e. The van der Waals surface area contributed by atoms with Crippen LogP contribution in [0.25, 0.3) is 11.1 Å². The van der Waals surface area contributed by atoms with Gasteiger partial charge in [-0.1, -0.05) is 29.8 Å². The molecule has 2 heteroatoms. The maximum atomic E-state index is 11.9. The normalized spacial score (nSPS) is 12.5. The lowest BCUT2D eigenvalue weighted by atomic mass is 10.0. The molecule has 0 atom stereocenters. The SMILES string of the molecule is Cc1ccc2c(c1)-c1cccnc1C2=O. The van der Waals surface area contributed by atoms with E-state index in [9.17, 15) is 4.79 Å². The molecule has 0 aliphatic heterocycles. The molecule has 72 valence electrons.